The Balaban J connectivity index is 3.92. The Hall–Kier alpha value is -1.03. The number of hydrogen-bond donors (Lipinski definition) is 0. The molecular formula is C7H9N. The van der Waals surface area contributed by atoms with Crippen LogP contribution < -0.4 is 0 Å². The Labute approximate surface area is 49.9 Å². The minimum atomic E-state index is 0.660. The number of nitrogens with zero attached hydrogens (tertiary/aromatic N) is 1. The molecule has 0 bridgehead atoms. The van der Waals surface area contributed by atoms with Crippen molar-refractivity contribution in [1.29, 1.82) is 5.26 Å². The van der Waals surface area contributed by atoms with Gasteiger partial charge in [-0.05, 0) is 6.42 Å². The molecule has 0 aromatic carbocycles. The lowest BCUT2D eigenvalue weighted by molar-refractivity contribution is 1.21. The van der Waals surface area contributed by atoms with E-state index in [0.717, 1.165) is 6.42 Å². The first-order valence-electron chi connectivity index (χ1n) is 2.57. The Morgan fingerprint density at radius 3 is 2.62 bits per heavy atom. The largest absolute Gasteiger partial charge is 0.192 e. The van der Waals surface area contributed by atoms with Crippen LogP contribution in [0.2, 0.25) is 0 Å². The molecule has 0 aliphatic heterocycles. The van der Waals surface area contributed by atoms with E-state index >= 15 is 0 Å². The molecule has 0 aliphatic carbocycles. The van der Waals surface area contributed by atoms with Gasteiger partial charge in [-0.2, -0.15) is 5.26 Å². The molecule has 0 rings (SSSR count). The first-order chi connectivity index (χ1) is 3.85. The molecule has 1 heteroatoms. The molecule has 0 heterocycles. The van der Waals surface area contributed by atoms with E-state index in [4.69, 9.17) is 5.26 Å². The van der Waals surface area contributed by atoms with Crippen LogP contribution in [0, 0.1) is 11.3 Å². The monoisotopic (exact) mass is 107 g/mol. The van der Waals surface area contributed by atoms with Gasteiger partial charge in [0.1, 0.15) is 0 Å². The lowest BCUT2D eigenvalue weighted by atomic mass is 10.2. The van der Waals surface area contributed by atoms with Crippen molar-refractivity contribution < 1.29 is 0 Å². The number of rotatable bonds is 2. The van der Waals surface area contributed by atoms with Gasteiger partial charge in [-0.3, -0.25) is 0 Å². The second-order valence-corrected chi connectivity index (χ2v) is 1.38. The molecular weight excluding hydrogens is 98.1 g/mol. The quantitative estimate of drug-likeness (QED) is 0.391. The summed E-state index contributed by atoms with van der Waals surface area (Å²) in [5, 5.41) is 8.27. The highest BCUT2D eigenvalue weighted by atomic mass is 14.2. The van der Waals surface area contributed by atoms with Crippen molar-refractivity contribution in [2.75, 3.05) is 0 Å². The zero-order valence-corrected chi connectivity index (χ0v) is 5.02. The highest BCUT2D eigenvalue weighted by Gasteiger charge is 1.80. The van der Waals surface area contributed by atoms with E-state index in [-0.39, 0.29) is 0 Å². The van der Waals surface area contributed by atoms with E-state index in [1.807, 2.05) is 19.1 Å². The maximum absolute atomic E-state index is 8.27. The summed E-state index contributed by atoms with van der Waals surface area (Å²) >= 11 is 0. The van der Waals surface area contributed by atoms with E-state index in [1.54, 1.807) is 6.08 Å². The van der Waals surface area contributed by atoms with Gasteiger partial charge < -0.3 is 0 Å². The average Bonchev–Trinajstić information content (AvgIpc) is 1.83. The third kappa shape index (κ3) is 2.20. The molecule has 0 unspecified atom stereocenters. The summed E-state index contributed by atoms with van der Waals surface area (Å²) in [4.78, 5) is 0. The fourth-order valence-electron chi connectivity index (χ4n) is 0.395. The second-order valence-electron chi connectivity index (χ2n) is 1.38. The van der Waals surface area contributed by atoms with Gasteiger partial charge in [0.25, 0.3) is 0 Å². The van der Waals surface area contributed by atoms with Crippen LogP contribution in [0.1, 0.15) is 13.3 Å². The maximum Gasteiger partial charge on any atom is 0.0987 e. The van der Waals surface area contributed by atoms with Crippen LogP contribution in [0.3, 0.4) is 0 Å². The smallest absolute Gasteiger partial charge is 0.0987 e. The minimum Gasteiger partial charge on any atom is -0.192 e. The van der Waals surface area contributed by atoms with Gasteiger partial charge in [0.05, 0.1) is 6.07 Å². The van der Waals surface area contributed by atoms with Crippen molar-refractivity contribution in [3.05, 3.63) is 24.3 Å². The molecule has 0 aromatic heterocycles. The van der Waals surface area contributed by atoms with Gasteiger partial charge in [0, 0.05) is 5.57 Å². The zero-order chi connectivity index (χ0) is 6.41. The predicted octanol–water partition coefficient (Wildman–Crippen LogP) is 2.03. The summed E-state index contributed by atoms with van der Waals surface area (Å²) in [6, 6.07) is 2.00. The summed E-state index contributed by atoms with van der Waals surface area (Å²) in [6.07, 6.45) is 4.30. The highest BCUT2D eigenvalue weighted by Crippen LogP contribution is 1.93. The molecule has 0 spiro atoms. The Morgan fingerprint density at radius 1 is 1.88 bits per heavy atom. The summed E-state index contributed by atoms with van der Waals surface area (Å²) in [5.74, 6) is 0. The molecule has 0 amide bonds. The van der Waals surface area contributed by atoms with E-state index in [2.05, 4.69) is 6.58 Å². The fraction of sp³-hybridized carbons (Fsp3) is 0.286. The van der Waals surface area contributed by atoms with E-state index in [0.29, 0.717) is 5.57 Å². The number of nitriles is 1. The minimum absolute atomic E-state index is 0.660. The molecule has 8 heavy (non-hydrogen) atoms. The van der Waals surface area contributed by atoms with Gasteiger partial charge >= 0.3 is 0 Å². The molecule has 1 nitrogen and oxygen atoms in total. The molecule has 0 radical (unpaired) electrons. The number of hydrogen-bond acceptors (Lipinski definition) is 1. The van der Waals surface area contributed by atoms with Crippen LogP contribution in [0.25, 0.3) is 0 Å². The second kappa shape index (κ2) is 4.14. The third-order valence-electron chi connectivity index (χ3n) is 0.773. The highest BCUT2D eigenvalue weighted by molar-refractivity contribution is 5.30. The van der Waals surface area contributed by atoms with Crippen molar-refractivity contribution >= 4 is 0 Å². The SMILES string of the molecule is C=C/C(C#N)=C\CC. The van der Waals surface area contributed by atoms with Crippen molar-refractivity contribution in [3.8, 4) is 6.07 Å². The van der Waals surface area contributed by atoms with Crippen molar-refractivity contribution in [2.45, 2.75) is 13.3 Å². The topological polar surface area (TPSA) is 23.8 Å². The first-order valence-corrected chi connectivity index (χ1v) is 2.57. The molecule has 0 atom stereocenters. The van der Waals surface area contributed by atoms with Gasteiger partial charge in [-0.25, -0.2) is 0 Å². The molecule has 0 saturated carbocycles. The zero-order valence-electron chi connectivity index (χ0n) is 5.02. The summed E-state index contributed by atoms with van der Waals surface area (Å²) in [6.45, 7) is 5.45. The Bertz CT molecular complexity index is 137. The van der Waals surface area contributed by atoms with Crippen molar-refractivity contribution in [3.63, 3.8) is 0 Å². The van der Waals surface area contributed by atoms with Crippen LogP contribution in [-0.2, 0) is 0 Å². The first kappa shape index (κ1) is 6.97. The van der Waals surface area contributed by atoms with E-state index in [9.17, 15) is 0 Å². The van der Waals surface area contributed by atoms with Gasteiger partial charge in [0.2, 0.25) is 0 Å². The normalized spacial score (nSPS) is 10.2. The lowest BCUT2D eigenvalue weighted by Gasteiger charge is -1.80. The maximum atomic E-state index is 8.27. The van der Waals surface area contributed by atoms with Gasteiger partial charge in [-0.15, -0.1) is 0 Å². The van der Waals surface area contributed by atoms with Crippen molar-refractivity contribution in [2.24, 2.45) is 0 Å². The molecule has 42 valence electrons. The van der Waals surface area contributed by atoms with Crippen LogP contribution in [0.4, 0.5) is 0 Å². The molecule has 0 aliphatic rings. The van der Waals surface area contributed by atoms with Crippen LogP contribution in [-0.4, -0.2) is 0 Å². The summed E-state index contributed by atoms with van der Waals surface area (Å²) < 4.78 is 0. The van der Waals surface area contributed by atoms with E-state index in [1.165, 1.54) is 0 Å². The van der Waals surface area contributed by atoms with E-state index < -0.39 is 0 Å². The Kier molecular flexibility index (Phi) is 3.60. The fourth-order valence-corrected chi connectivity index (χ4v) is 0.395. The predicted molar refractivity (Wildman–Crippen MR) is 34.2 cm³/mol. The van der Waals surface area contributed by atoms with Crippen LogP contribution in [0.15, 0.2) is 24.3 Å². The number of allylic oxidation sites excluding steroid dienone is 3. The third-order valence-corrected chi connectivity index (χ3v) is 0.773. The lowest BCUT2D eigenvalue weighted by Crippen LogP contribution is -1.66. The molecule has 0 saturated heterocycles. The van der Waals surface area contributed by atoms with Crippen LogP contribution in [0.5, 0.6) is 0 Å². The van der Waals surface area contributed by atoms with Crippen LogP contribution >= 0.6 is 0 Å². The van der Waals surface area contributed by atoms with Crippen molar-refractivity contribution in [1.82, 2.24) is 0 Å². The molecule has 0 fully saturated rings. The summed E-state index contributed by atoms with van der Waals surface area (Å²) in [7, 11) is 0. The van der Waals surface area contributed by atoms with Gasteiger partial charge in [0.15, 0.2) is 0 Å². The Morgan fingerprint density at radius 2 is 2.50 bits per heavy atom. The molecule has 0 aromatic rings. The summed E-state index contributed by atoms with van der Waals surface area (Å²) in [5.41, 5.74) is 0.660. The standard InChI is InChI=1S/C7H9N/c1-3-5-7(4-2)6-8/h4-5H,2-3H2,1H3/b7-5+. The molecule has 0 N–H and O–H groups in total. The van der Waals surface area contributed by atoms with Gasteiger partial charge in [-0.1, -0.05) is 25.7 Å². The average molecular weight is 107 g/mol.